The van der Waals surface area contributed by atoms with Gasteiger partial charge in [-0.25, -0.2) is 0 Å². The van der Waals surface area contributed by atoms with Crippen LogP contribution in [0.15, 0.2) is 41.1 Å². The average Bonchev–Trinajstić information content (AvgIpc) is 3.02. The average molecular weight is 300 g/mol. The van der Waals surface area contributed by atoms with Crippen molar-refractivity contribution in [3.63, 3.8) is 0 Å². The van der Waals surface area contributed by atoms with E-state index in [1.807, 2.05) is 24.3 Å². The Morgan fingerprint density at radius 2 is 2.10 bits per heavy atom. The summed E-state index contributed by atoms with van der Waals surface area (Å²) in [7, 11) is 0. The number of hydrogen-bond donors (Lipinski definition) is 1. The number of hydrogen-bond acceptors (Lipinski definition) is 4. The van der Waals surface area contributed by atoms with Gasteiger partial charge in [0, 0.05) is 19.1 Å². The predicted molar refractivity (Wildman–Crippen MR) is 85.9 cm³/mol. The summed E-state index contributed by atoms with van der Waals surface area (Å²) in [4.78, 5) is 2.25. The summed E-state index contributed by atoms with van der Waals surface area (Å²) in [5, 5.41) is 23.0. The highest BCUT2D eigenvalue weighted by molar-refractivity contribution is 7.07. The Kier molecular flexibility index (Phi) is 5.94. The van der Waals surface area contributed by atoms with Crippen molar-refractivity contribution in [1.82, 2.24) is 4.90 Å². The first-order valence-electron chi connectivity index (χ1n) is 7.12. The van der Waals surface area contributed by atoms with Gasteiger partial charge in [-0.05, 0) is 40.4 Å². The van der Waals surface area contributed by atoms with E-state index in [1.165, 1.54) is 5.56 Å². The first-order valence-corrected chi connectivity index (χ1v) is 8.06. The number of nitrogens with zero attached hydrogens (tertiary/aromatic N) is 2. The summed E-state index contributed by atoms with van der Waals surface area (Å²) in [6.07, 6.45) is 0.884. The summed E-state index contributed by atoms with van der Waals surface area (Å²) in [6.45, 7) is 3.69. The lowest BCUT2D eigenvalue weighted by atomic mass is 10.1. The Labute approximate surface area is 130 Å². The van der Waals surface area contributed by atoms with Crippen LogP contribution in [0.4, 0.5) is 0 Å². The Bertz CT molecular complexity index is 585. The third kappa shape index (κ3) is 4.15. The summed E-state index contributed by atoms with van der Waals surface area (Å²) in [6, 6.07) is 12.1. The van der Waals surface area contributed by atoms with Crippen molar-refractivity contribution in [2.24, 2.45) is 0 Å². The highest BCUT2D eigenvalue weighted by Gasteiger charge is 2.18. The van der Waals surface area contributed by atoms with E-state index in [1.54, 1.807) is 11.3 Å². The van der Waals surface area contributed by atoms with Gasteiger partial charge in [0.1, 0.15) is 0 Å². The Balaban J connectivity index is 2.21. The summed E-state index contributed by atoms with van der Waals surface area (Å²) >= 11 is 1.68. The molecule has 1 aromatic carbocycles. The van der Waals surface area contributed by atoms with Gasteiger partial charge in [-0.3, -0.25) is 4.90 Å². The van der Waals surface area contributed by atoms with Gasteiger partial charge in [0.25, 0.3) is 0 Å². The normalized spacial score (nSPS) is 12.3. The minimum atomic E-state index is 0.108. The van der Waals surface area contributed by atoms with Crippen molar-refractivity contribution in [1.29, 1.82) is 5.26 Å². The second-order valence-corrected chi connectivity index (χ2v) is 5.83. The molecular weight excluding hydrogens is 280 g/mol. The highest BCUT2D eigenvalue weighted by atomic mass is 32.1. The second kappa shape index (κ2) is 7.94. The predicted octanol–water partition coefficient (Wildman–Crippen LogP) is 3.39. The Hall–Kier alpha value is -1.67. The number of aliphatic hydroxyl groups excluding tert-OH is 1. The summed E-state index contributed by atoms with van der Waals surface area (Å²) in [5.74, 6) is 0. The van der Waals surface area contributed by atoms with Gasteiger partial charge in [-0.1, -0.05) is 25.1 Å². The molecule has 1 aromatic heterocycles. The molecule has 110 valence electrons. The number of rotatable bonds is 7. The lowest BCUT2D eigenvalue weighted by Gasteiger charge is -2.30. The minimum absolute atomic E-state index is 0.108. The van der Waals surface area contributed by atoms with Crippen LogP contribution in [-0.4, -0.2) is 22.7 Å². The van der Waals surface area contributed by atoms with Crippen LogP contribution < -0.4 is 0 Å². The molecule has 1 heterocycles. The number of benzene rings is 1. The molecule has 0 bridgehead atoms. The van der Waals surface area contributed by atoms with E-state index < -0.39 is 0 Å². The fraction of sp³-hybridized carbons (Fsp3) is 0.353. The van der Waals surface area contributed by atoms with Crippen molar-refractivity contribution >= 4 is 11.3 Å². The van der Waals surface area contributed by atoms with E-state index in [9.17, 15) is 10.4 Å². The maximum absolute atomic E-state index is 9.63. The highest BCUT2D eigenvalue weighted by Crippen LogP contribution is 2.18. The van der Waals surface area contributed by atoms with Crippen molar-refractivity contribution in [3.8, 4) is 6.07 Å². The maximum Gasteiger partial charge on any atom is 0.0995 e. The third-order valence-electron chi connectivity index (χ3n) is 3.68. The Morgan fingerprint density at radius 1 is 1.29 bits per heavy atom. The van der Waals surface area contributed by atoms with Crippen molar-refractivity contribution in [2.45, 2.75) is 32.5 Å². The number of nitriles is 1. The molecule has 0 amide bonds. The van der Waals surface area contributed by atoms with Gasteiger partial charge in [-0.2, -0.15) is 16.6 Å². The molecule has 1 N–H and O–H groups in total. The minimum Gasteiger partial charge on any atom is -0.395 e. The molecule has 0 fully saturated rings. The van der Waals surface area contributed by atoms with Gasteiger partial charge in [-0.15, -0.1) is 0 Å². The fourth-order valence-corrected chi connectivity index (χ4v) is 3.08. The molecular formula is C17H20N2OS. The maximum atomic E-state index is 9.63. The van der Waals surface area contributed by atoms with E-state index in [4.69, 9.17) is 0 Å². The molecule has 2 aromatic rings. The van der Waals surface area contributed by atoms with Gasteiger partial charge < -0.3 is 5.11 Å². The lowest BCUT2D eigenvalue weighted by Crippen LogP contribution is -2.36. The monoisotopic (exact) mass is 300 g/mol. The van der Waals surface area contributed by atoms with Crippen LogP contribution in [0.3, 0.4) is 0 Å². The molecule has 0 radical (unpaired) electrons. The van der Waals surface area contributed by atoms with Gasteiger partial charge in [0.2, 0.25) is 0 Å². The fourth-order valence-electron chi connectivity index (χ4n) is 2.42. The third-order valence-corrected chi connectivity index (χ3v) is 4.41. The van der Waals surface area contributed by atoms with Crippen LogP contribution >= 0.6 is 11.3 Å². The van der Waals surface area contributed by atoms with Crippen molar-refractivity contribution in [3.05, 3.63) is 57.8 Å². The summed E-state index contributed by atoms with van der Waals surface area (Å²) in [5.41, 5.74) is 2.98. The largest absolute Gasteiger partial charge is 0.395 e. The zero-order chi connectivity index (χ0) is 15.1. The molecule has 0 aliphatic carbocycles. The van der Waals surface area contributed by atoms with E-state index in [2.05, 4.69) is 34.7 Å². The molecule has 0 saturated carbocycles. The van der Waals surface area contributed by atoms with Crippen LogP contribution in [0.2, 0.25) is 0 Å². The molecule has 3 nitrogen and oxygen atoms in total. The topological polar surface area (TPSA) is 47.3 Å². The van der Waals surface area contributed by atoms with E-state index >= 15 is 0 Å². The molecule has 0 spiro atoms. The van der Waals surface area contributed by atoms with Crippen molar-refractivity contribution < 1.29 is 5.11 Å². The lowest BCUT2D eigenvalue weighted by molar-refractivity contribution is 0.107. The van der Waals surface area contributed by atoms with Crippen LogP contribution in [0.25, 0.3) is 0 Å². The van der Waals surface area contributed by atoms with Crippen LogP contribution in [0, 0.1) is 11.3 Å². The SMILES string of the molecule is CC[C@@H](CO)N(Cc1ccsc1)Cc1ccccc1C#N. The molecule has 0 aliphatic rings. The first-order chi connectivity index (χ1) is 10.3. The van der Waals surface area contributed by atoms with Crippen LogP contribution in [0.5, 0.6) is 0 Å². The number of thiophene rings is 1. The van der Waals surface area contributed by atoms with Crippen LogP contribution in [0.1, 0.15) is 30.0 Å². The van der Waals surface area contributed by atoms with Gasteiger partial charge >= 0.3 is 0 Å². The zero-order valence-corrected chi connectivity index (χ0v) is 13.0. The van der Waals surface area contributed by atoms with Crippen LogP contribution in [-0.2, 0) is 13.1 Å². The molecule has 4 heteroatoms. The van der Waals surface area contributed by atoms with Gasteiger partial charge in [0.15, 0.2) is 0 Å². The Morgan fingerprint density at radius 3 is 2.71 bits per heavy atom. The smallest absolute Gasteiger partial charge is 0.0995 e. The molecule has 0 saturated heterocycles. The molecule has 2 rings (SSSR count). The van der Waals surface area contributed by atoms with E-state index in [0.717, 1.165) is 18.5 Å². The molecule has 0 unspecified atom stereocenters. The number of aliphatic hydroxyl groups is 1. The standard InChI is InChI=1S/C17H20N2OS/c1-2-17(12-20)19(10-14-7-8-21-13-14)11-16-6-4-3-5-15(16)9-18/h3-8,13,17,20H,2,10-12H2,1H3/t17-/m0/s1. The molecule has 1 atom stereocenters. The summed E-state index contributed by atoms with van der Waals surface area (Å²) < 4.78 is 0. The first kappa shape index (κ1) is 15.7. The molecule has 21 heavy (non-hydrogen) atoms. The van der Waals surface area contributed by atoms with Crippen molar-refractivity contribution in [2.75, 3.05) is 6.61 Å². The quantitative estimate of drug-likeness (QED) is 0.852. The van der Waals surface area contributed by atoms with E-state index in [-0.39, 0.29) is 12.6 Å². The van der Waals surface area contributed by atoms with E-state index in [0.29, 0.717) is 12.1 Å². The zero-order valence-electron chi connectivity index (χ0n) is 12.2. The van der Waals surface area contributed by atoms with Gasteiger partial charge in [0.05, 0.1) is 18.2 Å². The second-order valence-electron chi connectivity index (χ2n) is 5.05. The molecule has 0 aliphatic heterocycles.